The van der Waals surface area contributed by atoms with Gasteiger partial charge in [0.15, 0.2) is 8.32 Å². The van der Waals surface area contributed by atoms with Gasteiger partial charge in [0.05, 0.1) is 19.8 Å². The van der Waals surface area contributed by atoms with Gasteiger partial charge in [0.1, 0.15) is 0 Å². The van der Waals surface area contributed by atoms with Gasteiger partial charge in [-0.05, 0) is 39.1 Å². The fourth-order valence-electron chi connectivity index (χ4n) is 1.15. The molecule has 0 saturated heterocycles. The molecule has 0 aromatic heterocycles. The van der Waals surface area contributed by atoms with Gasteiger partial charge in [-0.15, -0.1) is 0 Å². The minimum atomic E-state index is -2.14. The van der Waals surface area contributed by atoms with Crippen molar-refractivity contribution < 1.29 is 18.0 Å². The molecule has 0 unspecified atom stereocenters. The molecule has 0 atom stereocenters. The van der Waals surface area contributed by atoms with Crippen LogP contribution in [0.25, 0.3) is 0 Å². The number of hydrogen-bond donors (Lipinski definition) is 0. The maximum absolute atomic E-state index is 10.4. The van der Waals surface area contributed by atoms with Crippen LogP contribution in [0, 0.1) is 0 Å². The van der Waals surface area contributed by atoms with E-state index in [1.807, 2.05) is 18.2 Å². The van der Waals surface area contributed by atoms with Gasteiger partial charge < -0.3 is 13.5 Å². The Hall–Kier alpha value is -0.453. The Kier molecular flexibility index (Phi) is 11.0. The zero-order chi connectivity index (χ0) is 15.4. The number of benzene rings is 1. The maximum atomic E-state index is 10.4. The topological polar surface area (TPSA) is 44.8 Å². The molecule has 0 aliphatic heterocycles. The highest BCUT2D eigenvalue weighted by molar-refractivity contribution is 7.33. The van der Waals surface area contributed by atoms with Crippen molar-refractivity contribution in [2.75, 3.05) is 13.2 Å². The molecule has 0 spiro atoms. The Morgan fingerprint density at radius 3 is 1.90 bits per heavy atom. The summed E-state index contributed by atoms with van der Waals surface area (Å²) in [6, 6.07) is 10.3. The van der Waals surface area contributed by atoms with E-state index >= 15 is 0 Å². The second kappa shape index (κ2) is 11.2. The fraction of sp³-hybridized carbons (Fsp3) is 0.571. The first-order chi connectivity index (χ1) is 9.39. The zero-order valence-corrected chi connectivity index (χ0v) is 15.1. The molecule has 0 radical (unpaired) electrons. The lowest BCUT2D eigenvalue weighted by molar-refractivity contribution is 0.243. The Balaban J connectivity index is 0.000000396. The summed E-state index contributed by atoms with van der Waals surface area (Å²) in [5, 5.41) is 0. The van der Waals surface area contributed by atoms with Gasteiger partial charge in [0.2, 0.25) is 0 Å². The lowest BCUT2D eigenvalue weighted by Gasteiger charge is -2.16. The molecule has 0 N–H and O–H groups in total. The molecule has 0 aliphatic carbocycles. The average Bonchev–Trinajstić information content (AvgIpc) is 2.38. The summed E-state index contributed by atoms with van der Waals surface area (Å²) in [4.78, 5) is 0. The number of hydrogen-bond acceptors (Lipinski definition) is 4. The maximum Gasteiger partial charge on any atom is 0.319 e. The standard InChI is InChI=1S/C10H16OSi.C4H11O3P/c1-12(2,3)11-9-10-7-5-4-6-8-10;1-3-6-8(5)7-4-2/h4-8H,9H2,1-3H3;8H,3-4H2,1-2H3. The van der Waals surface area contributed by atoms with E-state index in [-0.39, 0.29) is 0 Å². The van der Waals surface area contributed by atoms with Crippen molar-refractivity contribution in [1.82, 2.24) is 0 Å². The van der Waals surface area contributed by atoms with Gasteiger partial charge in [-0.1, -0.05) is 30.3 Å². The van der Waals surface area contributed by atoms with Crippen molar-refractivity contribution >= 4 is 16.6 Å². The van der Waals surface area contributed by atoms with Crippen molar-refractivity contribution in [3.05, 3.63) is 35.9 Å². The molecule has 1 aromatic carbocycles. The monoisotopic (exact) mass is 318 g/mol. The van der Waals surface area contributed by atoms with E-state index in [0.29, 0.717) is 13.2 Å². The molecule has 6 heteroatoms. The highest BCUT2D eigenvalue weighted by Gasteiger charge is 2.13. The van der Waals surface area contributed by atoms with Crippen LogP contribution in [0.15, 0.2) is 30.3 Å². The van der Waals surface area contributed by atoms with Gasteiger partial charge in [0.25, 0.3) is 0 Å². The molecule has 0 fully saturated rings. The highest BCUT2D eigenvalue weighted by Crippen LogP contribution is 2.21. The molecule has 1 rings (SSSR count). The average molecular weight is 318 g/mol. The van der Waals surface area contributed by atoms with Gasteiger partial charge in [-0.25, -0.2) is 0 Å². The van der Waals surface area contributed by atoms with Crippen LogP contribution in [0.1, 0.15) is 19.4 Å². The Bertz CT molecular complexity index is 357. The van der Waals surface area contributed by atoms with Crippen LogP contribution in [0.4, 0.5) is 0 Å². The predicted octanol–water partition coefficient (Wildman–Crippen LogP) is 4.49. The molecular weight excluding hydrogens is 291 g/mol. The Labute approximate surface area is 124 Å². The van der Waals surface area contributed by atoms with Crippen molar-refractivity contribution in [2.45, 2.75) is 40.1 Å². The Morgan fingerprint density at radius 1 is 1.00 bits per heavy atom. The van der Waals surface area contributed by atoms with Crippen molar-refractivity contribution in [2.24, 2.45) is 0 Å². The summed E-state index contributed by atoms with van der Waals surface area (Å²) in [6.45, 7) is 11.8. The van der Waals surface area contributed by atoms with Crippen LogP contribution in [0.2, 0.25) is 19.6 Å². The van der Waals surface area contributed by atoms with Crippen molar-refractivity contribution in [3.63, 3.8) is 0 Å². The van der Waals surface area contributed by atoms with Gasteiger partial charge in [0, 0.05) is 0 Å². The van der Waals surface area contributed by atoms with Crippen LogP contribution in [0.5, 0.6) is 0 Å². The summed E-state index contributed by atoms with van der Waals surface area (Å²) in [5.74, 6) is 0. The van der Waals surface area contributed by atoms with E-state index in [9.17, 15) is 4.57 Å². The van der Waals surface area contributed by atoms with E-state index < -0.39 is 16.6 Å². The molecule has 1 aromatic rings. The predicted molar refractivity (Wildman–Crippen MR) is 86.8 cm³/mol. The van der Waals surface area contributed by atoms with Crippen molar-refractivity contribution in [3.8, 4) is 0 Å². The molecule has 0 heterocycles. The summed E-state index contributed by atoms with van der Waals surface area (Å²) < 4.78 is 25.4. The SMILES string of the molecule is CCO[PH](=O)OCC.C[Si](C)(C)OCc1ccccc1. The van der Waals surface area contributed by atoms with Crippen LogP contribution in [-0.2, 0) is 24.6 Å². The summed E-state index contributed by atoms with van der Waals surface area (Å²) in [6.07, 6.45) is 0. The number of rotatable bonds is 7. The third-order valence-corrected chi connectivity index (χ3v) is 4.10. The van der Waals surface area contributed by atoms with Crippen LogP contribution >= 0.6 is 8.25 Å². The minimum absolute atomic E-state index is 0.456. The largest absolute Gasteiger partial charge is 0.413 e. The third-order valence-electron chi connectivity index (χ3n) is 2.04. The first-order valence-corrected chi connectivity index (χ1v) is 11.5. The molecule has 0 amide bonds. The lowest BCUT2D eigenvalue weighted by Crippen LogP contribution is -2.24. The van der Waals surface area contributed by atoms with E-state index in [0.717, 1.165) is 6.61 Å². The van der Waals surface area contributed by atoms with E-state index in [1.165, 1.54) is 5.56 Å². The summed E-state index contributed by atoms with van der Waals surface area (Å²) >= 11 is 0. The second-order valence-corrected chi connectivity index (χ2v) is 10.6. The van der Waals surface area contributed by atoms with Crippen LogP contribution in [0.3, 0.4) is 0 Å². The summed E-state index contributed by atoms with van der Waals surface area (Å²) in [7, 11) is -3.48. The van der Waals surface area contributed by atoms with E-state index in [1.54, 1.807) is 13.8 Å². The Morgan fingerprint density at radius 2 is 1.50 bits per heavy atom. The molecule has 0 saturated carbocycles. The highest BCUT2D eigenvalue weighted by atomic mass is 31.1. The third kappa shape index (κ3) is 12.6. The van der Waals surface area contributed by atoms with Gasteiger partial charge in [-0.2, -0.15) is 0 Å². The normalized spacial score (nSPS) is 11.1. The molecule has 4 nitrogen and oxygen atoms in total. The molecule has 116 valence electrons. The molecule has 0 bridgehead atoms. The quantitative estimate of drug-likeness (QED) is 0.549. The fourth-order valence-corrected chi connectivity index (χ4v) is 2.31. The molecule has 0 aliphatic rings. The smallest absolute Gasteiger partial charge is 0.319 e. The van der Waals surface area contributed by atoms with E-state index in [4.69, 9.17) is 4.43 Å². The van der Waals surface area contributed by atoms with Gasteiger partial charge >= 0.3 is 8.25 Å². The first-order valence-electron chi connectivity index (χ1n) is 6.86. The van der Waals surface area contributed by atoms with Crippen molar-refractivity contribution in [1.29, 1.82) is 0 Å². The second-order valence-electron chi connectivity index (χ2n) is 5.00. The molecule has 20 heavy (non-hydrogen) atoms. The van der Waals surface area contributed by atoms with Gasteiger partial charge in [-0.3, -0.25) is 4.57 Å². The first kappa shape index (κ1) is 19.5. The van der Waals surface area contributed by atoms with Crippen LogP contribution < -0.4 is 0 Å². The summed E-state index contributed by atoms with van der Waals surface area (Å²) in [5.41, 5.74) is 1.26. The zero-order valence-electron chi connectivity index (χ0n) is 13.1. The lowest BCUT2D eigenvalue weighted by atomic mass is 10.2. The molecular formula is C14H27O4PSi. The van der Waals surface area contributed by atoms with E-state index in [2.05, 4.69) is 40.8 Å². The minimum Gasteiger partial charge on any atom is -0.413 e. The van der Waals surface area contributed by atoms with Crippen LogP contribution in [-0.4, -0.2) is 21.5 Å².